The second kappa shape index (κ2) is 3.27. The summed E-state index contributed by atoms with van der Waals surface area (Å²) >= 11 is 0. The average molecular weight is 185 g/mol. The van der Waals surface area contributed by atoms with E-state index in [0.29, 0.717) is 6.54 Å². The van der Waals surface area contributed by atoms with Crippen LogP contribution in [0.3, 0.4) is 0 Å². The number of carboxylic acids is 1. The molecule has 13 heavy (non-hydrogen) atoms. The van der Waals surface area contributed by atoms with Crippen molar-refractivity contribution in [2.45, 2.75) is 31.4 Å². The standard InChI is InChI=1S/C9H15NO3/c11-6-3-4-10(5-6)8-2-1-7(8)9(12)13/h6-8,11H,1-5H2,(H,12,13). The maximum absolute atomic E-state index is 10.7. The van der Waals surface area contributed by atoms with Crippen LogP contribution in [0.5, 0.6) is 0 Å². The fraction of sp³-hybridized carbons (Fsp3) is 0.889. The van der Waals surface area contributed by atoms with Gasteiger partial charge >= 0.3 is 5.97 Å². The van der Waals surface area contributed by atoms with Gasteiger partial charge in [0.15, 0.2) is 0 Å². The van der Waals surface area contributed by atoms with E-state index in [-0.39, 0.29) is 18.1 Å². The van der Waals surface area contributed by atoms with Crippen LogP contribution in [-0.4, -0.2) is 46.3 Å². The summed E-state index contributed by atoms with van der Waals surface area (Å²) in [6.45, 7) is 1.52. The first kappa shape index (κ1) is 8.97. The van der Waals surface area contributed by atoms with Crippen molar-refractivity contribution in [3.63, 3.8) is 0 Å². The first-order chi connectivity index (χ1) is 6.18. The van der Waals surface area contributed by atoms with Crippen LogP contribution in [0.15, 0.2) is 0 Å². The highest BCUT2D eigenvalue weighted by molar-refractivity contribution is 5.72. The molecule has 2 fully saturated rings. The average Bonchev–Trinajstić information content (AvgIpc) is 2.32. The van der Waals surface area contributed by atoms with Crippen molar-refractivity contribution < 1.29 is 15.0 Å². The Balaban J connectivity index is 1.91. The summed E-state index contributed by atoms with van der Waals surface area (Å²) < 4.78 is 0. The summed E-state index contributed by atoms with van der Waals surface area (Å²) in [6, 6.07) is 0.189. The summed E-state index contributed by atoms with van der Waals surface area (Å²) in [7, 11) is 0. The number of likely N-dealkylation sites (tertiary alicyclic amines) is 1. The molecule has 2 N–H and O–H groups in total. The molecule has 74 valence electrons. The van der Waals surface area contributed by atoms with Crippen LogP contribution in [0.4, 0.5) is 0 Å². The van der Waals surface area contributed by atoms with Gasteiger partial charge in [-0.25, -0.2) is 0 Å². The molecule has 0 aromatic heterocycles. The maximum atomic E-state index is 10.7. The molecule has 3 unspecified atom stereocenters. The predicted octanol–water partition coefficient (Wildman–Crippen LogP) is -0.0838. The lowest BCUT2D eigenvalue weighted by Gasteiger charge is -2.40. The molecule has 0 amide bonds. The molecular formula is C9H15NO3. The second-order valence-electron chi connectivity index (χ2n) is 4.03. The Morgan fingerprint density at radius 2 is 2.08 bits per heavy atom. The topological polar surface area (TPSA) is 60.8 Å². The molecule has 0 bridgehead atoms. The van der Waals surface area contributed by atoms with Gasteiger partial charge in [-0.2, -0.15) is 0 Å². The minimum absolute atomic E-state index is 0.189. The van der Waals surface area contributed by atoms with Gasteiger partial charge in [-0.1, -0.05) is 0 Å². The van der Waals surface area contributed by atoms with Crippen molar-refractivity contribution >= 4 is 5.97 Å². The smallest absolute Gasteiger partial charge is 0.308 e. The lowest BCUT2D eigenvalue weighted by atomic mass is 9.78. The van der Waals surface area contributed by atoms with Gasteiger partial charge in [-0.3, -0.25) is 9.69 Å². The van der Waals surface area contributed by atoms with E-state index in [1.165, 1.54) is 0 Å². The minimum atomic E-state index is -0.683. The van der Waals surface area contributed by atoms with E-state index < -0.39 is 5.97 Å². The normalized spacial score (nSPS) is 40.2. The van der Waals surface area contributed by atoms with Crippen LogP contribution in [0.1, 0.15) is 19.3 Å². The van der Waals surface area contributed by atoms with Gasteiger partial charge in [0.25, 0.3) is 0 Å². The fourth-order valence-electron chi connectivity index (χ4n) is 2.28. The van der Waals surface area contributed by atoms with Crippen molar-refractivity contribution in [2.24, 2.45) is 5.92 Å². The van der Waals surface area contributed by atoms with Crippen molar-refractivity contribution in [2.75, 3.05) is 13.1 Å². The van der Waals surface area contributed by atoms with Gasteiger partial charge in [-0.15, -0.1) is 0 Å². The molecule has 1 saturated heterocycles. The Labute approximate surface area is 77.2 Å². The van der Waals surface area contributed by atoms with Crippen molar-refractivity contribution in [3.05, 3.63) is 0 Å². The lowest BCUT2D eigenvalue weighted by molar-refractivity contribution is -0.148. The molecule has 4 nitrogen and oxygen atoms in total. The number of hydrogen-bond donors (Lipinski definition) is 2. The van der Waals surface area contributed by atoms with Crippen molar-refractivity contribution in [1.82, 2.24) is 4.90 Å². The molecule has 0 aromatic carbocycles. The highest BCUT2D eigenvalue weighted by Gasteiger charge is 2.42. The minimum Gasteiger partial charge on any atom is -0.481 e. The molecular weight excluding hydrogens is 170 g/mol. The summed E-state index contributed by atoms with van der Waals surface area (Å²) in [5, 5.41) is 18.1. The Morgan fingerprint density at radius 3 is 2.46 bits per heavy atom. The molecule has 0 radical (unpaired) electrons. The van der Waals surface area contributed by atoms with Gasteiger partial charge in [0.05, 0.1) is 12.0 Å². The molecule has 2 rings (SSSR count). The quantitative estimate of drug-likeness (QED) is 0.631. The largest absolute Gasteiger partial charge is 0.481 e. The van der Waals surface area contributed by atoms with E-state index in [1.54, 1.807) is 0 Å². The zero-order chi connectivity index (χ0) is 9.42. The highest BCUT2D eigenvalue weighted by Crippen LogP contribution is 2.34. The third kappa shape index (κ3) is 1.56. The molecule has 0 aromatic rings. The van der Waals surface area contributed by atoms with E-state index in [2.05, 4.69) is 4.90 Å². The lowest BCUT2D eigenvalue weighted by Crippen LogP contribution is -2.49. The number of aliphatic hydroxyl groups is 1. The molecule has 4 heteroatoms. The number of nitrogens with zero attached hydrogens (tertiary/aromatic N) is 1. The van der Waals surface area contributed by atoms with Crippen molar-refractivity contribution in [3.8, 4) is 0 Å². The third-order valence-corrected chi connectivity index (χ3v) is 3.22. The van der Waals surface area contributed by atoms with Crippen LogP contribution in [-0.2, 0) is 4.79 Å². The second-order valence-corrected chi connectivity index (χ2v) is 4.03. The number of β-amino-alcohol motifs (C(OH)–C–C–N with tert-alkyl or cyclic N) is 1. The summed E-state index contributed by atoms with van der Waals surface area (Å²) in [6.07, 6.45) is 2.33. The van der Waals surface area contributed by atoms with E-state index in [4.69, 9.17) is 5.11 Å². The first-order valence-corrected chi connectivity index (χ1v) is 4.83. The summed E-state index contributed by atoms with van der Waals surface area (Å²) in [4.78, 5) is 12.9. The third-order valence-electron chi connectivity index (χ3n) is 3.22. The highest BCUT2D eigenvalue weighted by atomic mass is 16.4. The molecule has 2 aliphatic rings. The van der Waals surface area contributed by atoms with Crippen LogP contribution in [0.25, 0.3) is 0 Å². The number of hydrogen-bond acceptors (Lipinski definition) is 3. The number of carboxylic acid groups (broad SMARTS) is 1. The molecule has 3 atom stereocenters. The zero-order valence-electron chi connectivity index (χ0n) is 7.52. The van der Waals surface area contributed by atoms with E-state index >= 15 is 0 Å². The SMILES string of the molecule is O=C(O)C1CCC1N1CCC(O)C1. The van der Waals surface area contributed by atoms with Crippen LogP contribution < -0.4 is 0 Å². The van der Waals surface area contributed by atoms with E-state index in [0.717, 1.165) is 25.8 Å². The number of aliphatic hydroxyl groups excluding tert-OH is 1. The fourth-order valence-corrected chi connectivity index (χ4v) is 2.28. The van der Waals surface area contributed by atoms with Gasteiger partial charge < -0.3 is 10.2 Å². The van der Waals surface area contributed by atoms with Gasteiger partial charge in [-0.05, 0) is 19.3 Å². The van der Waals surface area contributed by atoms with E-state index in [1.807, 2.05) is 0 Å². The van der Waals surface area contributed by atoms with Gasteiger partial charge in [0.1, 0.15) is 0 Å². The Kier molecular flexibility index (Phi) is 2.26. The maximum Gasteiger partial charge on any atom is 0.308 e. The van der Waals surface area contributed by atoms with Gasteiger partial charge in [0, 0.05) is 19.1 Å². The molecule has 1 aliphatic heterocycles. The molecule has 0 spiro atoms. The molecule has 1 aliphatic carbocycles. The first-order valence-electron chi connectivity index (χ1n) is 4.83. The monoisotopic (exact) mass is 185 g/mol. The summed E-state index contributed by atoms with van der Waals surface area (Å²) in [5.74, 6) is -0.872. The van der Waals surface area contributed by atoms with Gasteiger partial charge in [0.2, 0.25) is 0 Å². The number of aliphatic carboxylic acids is 1. The predicted molar refractivity (Wildman–Crippen MR) is 46.3 cm³/mol. The van der Waals surface area contributed by atoms with Crippen LogP contribution >= 0.6 is 0 Å². The zero-order valence-corrected chi connectivity index (χ0v) is 7.52. The molecule has 1 saturated carbocycles. The van der Waals surface area contributed by atoms with Crippen LogP contribution in [0.2, 0.25) is 0 Å². The van der Waals surface area contributed by atoms with Crippen LogP contribution in [0, 0.1) is 5.92 Å². The Hall–Kier alpha value is -0.610. The van der Waals surface area contributed by atoms with E-state index in [9.17, 15) is 9.90 Å². The summed E-state index contributed by atoms with van der Waals surface area (Å²) in [5.41, 5.74) is 0. The van der Waals surface area contributed by atoms with Crippen molar-refractivity contribution in [1.29, 1.82) is 0 Å². The Morgan fingerprint density at radius 1 is 1.31 bits per heavy atom. The number of carbonyl (C=O) groups is 1. The molecule has 1 heterocycles. The number of rotatable bonds is 2. The Bertz CT molecular complexity index is 219.